The van der Waals surface area contributed by atoms with Gasteiger partial charge < -0.3 is 15.0 Å². The first-order valence-electron chi connectivity index (χ1n) is 8.42. The molecule has 0 aromatic rings. The minimum atomic E-state index is 0.374. The van der Waals surface area contributed by atoms with E-state index in [2.05, 4.69) is 45.0 Å². The number of hydrogen-bond acceptors (Lipinski definition) is 3. The number of nitrogens with zero attached hydrogens (tertiary/aromatic N) is 1. The van der Waals surface area contributed by atoms with E-state index < -0.39 is 0 Å². The van der Waals surface area contributed by atoms with E-state index in [4.69, 9.17) is 4.74 Å². The van der Waals surface area contributed by atoms with Gasteiger partial charge in [0.2, 0.25) is 0 Å². The average molecular weight is 284 g/mol. The maximum Gasteiger partial charge on any atom is 0.0506 e. The molecule has 0 spiro atoms. The SMILES string of the molecule is CCC(C)(CNCC(C)C)CN(C)CC1CCCOC1. The van der Waals surface area contributed by atoms with Gasteiger partial charge in [-0.25, -0.2) is 0 Å². The second-order valence-corrected chi connectivity index (χ2v) is 7.47. The topological polar surface area (TPSA) is 24.5 Å². The highest BCUT2D eigenvalue weighted by molar-refractivity contribution is 4.80. The van der Waals surface area contributed by atoms with Crippen molar-refractivity contribution in [1.82, 2.24) is 10.2 Å². The summed E-state index contributed by atoms with van der Waals surface area (Å²) in [5.41, 5.74) is 0.374. The second kappa shape index (κ2) is 9.01. The Labute approximate surface area is 126 Å². The van der Waals surface area contributed by atoms with Gasteiger partial charge in [-0.05, 0) is 50.1 Å². The van der Waals surface area contributed by atoms with E-state index in [9.17, 15) is 0 Å². The minimum absolute atomic E-state index is 0.374. The van der Waals surface area contributed by atoms with Crippen molar-refractivity contribution in [2.45, 2.75) is 47.0 Å². The van der Waals surface area contributed by atoms with E-state index >= 15 is 0 Å². The Hall–Kier alpha value is -0.120. The van der Waals surface area contributed by atoms with Gasteiger partial charge in [0.15, 0.2) is 0 Å². The molecule has 1 N–H and O–H groups in total. The van der Waals surface area contributed by atoms with Gasteiger partial charge in [-0.3, -0.25) is 0 Å². The molecule has 0 aromatic carbocycles. The van der Waals surface area contributed by atoms with Crippen LogP contribution in [0.2, 0.25) is 0 Å². The average Bonchev–Trinajstić information content (AvgIpc) is 2.39. The molecular formula is C17H36N2O. The van der Waals surface area contributed by atoms with Gasteiger partial charge in [-0.1, -0.05) is 27.7 Å². The van der Waals surface area contributed by atoms with Crippen molar-refractivity contribution >= 4 is 0 Å². The molecule has 2 unspecified atom stereocenters. The number of hydrogen-bond donors (Lipinski definition) is 1. The monoisotopic (exact) mass is 284 g/mol. The maximum absolute atomic E-state index is 5.59. The lowest BCUT2D eigenvalue weighted by atomic mass is 9.86. The second-order valence-electron chi connectivity index (χ2n) is 7.47. The fraction of sp³-hybridized carbons (Fsp3) is 1.00. The summed E-state index contributed by atoms with van der Waals surface area (Å²) in [4.78, 5) is 2.51. The molecule has 3 nitrogen and oxygen atoms in total. The predicted molar refractivity (Wildman–Crippen MR) is 87.1 cm³/mol. The van der Waals surface area contributed by atoms with Crippen LogP contribution in [0.4, 0.5) is 0 Å². The van der Waals surface area contributed by atoms with Crippen LogP contribution in [0.3, 0.4) is 0 Å². The number of rotatable bonds is 9. The molecule has 120 valence electrons. The summed E-state index contributed by atoms with van der Waals surface area (Å²) >= 11 is 0. The number of ether oxygens (including phenoxy) is 1. The molecule has 0 aliphatic carbocycles. The Bertz CT molecular complexity index is 251. The van der Waals surface area contributed by atoms with Gasteiger partial charge in [-0.15, -0.1) is 0 Å². The van der Waals surface area contributed by atoms with Gasteiger partial charge in [0, 0.05) is 26.2 Å². The summed E-state index contributed by atoms with van der Waals surface area (Å²) in [5, 5.41) is 3.63. The lowest BCUT2D eigenvalue weighted by Crippen LogP contribution is -2.43. The molecule has 3 heteroatoms. The van der Waals surface area contributed by atoms with Gasteiger partial charge in [0.05, 0.1) is 6.61 Å². The van der Waals surface area contributed by atoms with E-state index in [1.165, 1.54) is 32.4 Å². The molecule has 1 aliphatic rings. The quantitative estimate of drug-likeness (QED) is 0.704. The number of nitrogens with one attached hydrogen (secondary N) is 1. The molecule has 1 aliphatic heterocycles. The summed E-state index contributed by atoms with van der Waals surface area (Å²) < 4.78 is 5.59. The highest BCUT2D eigenvalue weighted by Gasteiger charge is 2.25. The first kappa shape index (κ1) is 17.9. The van der Waals surface area contributed by atoms with Gasteiger partial charge >= 0.3 is 0 Å². The molecule has 0 amide bonds. The molecular weight excluding hydrogens is 248 g/mol. The van der Waals surface area contributed by atoms with Crippen molar-refractivity contribution in [2.24, 2.45) is 17.3 Å². The van der Waals surface area contributed by atoms with Crippen molar-refractivity contribution in [3.8, 4) is 0 Å². The van der Waals surface area contributed by atoms with Crippen LogP contribution in [0.15, 0.2) is 0 Å². The highest BCUT2D eigenvalue weighted by atomic mass is 16.5. The van der Waals surface area contributed by atoms with E-state index in [0.717, 1.165) is 38.1 Å². The van der Waals surface area contributed by atoms with Crippen LogP contribution in [-0.2, 0) is 4.74 Å². The highest BCUT2D eigenvalue weighted by Crippen LogP contribution is 2.23. The molecule has 20 heavy (non-hydrogen) atoms. The standard InChI is InChI=1S/C17H36N2O/c1-6-17(4,13-18-10-15(2)3)14-19(5)11-16-8-7-9-20-12-16/h15-16,18H,6-14H2,1-5H3. The van der Waals surface area contributed by atoms with Gasteiger partial charge in [-0.2, -0.15) is 0 Å². The van der Waals surface area contributed by atoms with Crippen LogP contribution >= 0.6 is 0 Å². The summed E-state index contributed by atoms with van der Waals surface area (Å²) in [5.74, 6) is 1.46. The zero-order valence-electron chi connectivity index (χ0n) is 14.4. The van der Waals surface area contributed by atoms with Crippen molar-refractivity contribution in [3.63, 3.8) is 0 Å². The zero-order valence-corrected chi connectivity index (χ0v) is 14.4. The van der Waals surface area contributed by atoms with Crippen LogP contribution in [0.1, 0.15) is 47.0 Å². The molecule has 1 rings (SSSR count). The van der Waals surface area contributed by atoms with Crippen LogP contribution in [0.5, 0.6) is 0 Å². The lowest BCUT2D eigenvalue weighted by Gasteiger charge is -2.35. The van der Waals surface area contributed by atoms with E-state index in [1.54, 1.807) is 0 Å². The van der Waals surface area contributed by atoms with Crippen LogP contribution in [0, 0.1) is 17.3 Å². The van der Waals surface area contributed by atoms with E-state index in [0.29, 0.717) is 5.41 Å². The Balaban J connectivity index is 2.32. The smallest absolute Gasteiger partial charge is 0.0506 e. The molecule has 1 heterocycles. The molecule has 2 atom stereocenters. The molecule has 1 fully saturated rings. The Morgan fingerprint density at radius 1 is 1.40 bits per heavy atom. The van der Waals surface area contributed by atoms with E-state index in [1.807, 2.05) is 0 Å². The normalized spacial score (nSPS) is 23.2. The third-order valence-corrected chi connectivity index (χ3v) is 4.43. The molecule has 0 bridgehead atoms. The molecule has 0 radical (unpaired) electrons. The summed E-state index contributed by atoms with van der Waals surface area (Å²) in [6, 6.07) is 0. The van der Waals surface area contributed by atoms with Crippen LogP contribution < -0.4 is 5.32 Å². The van der Waals surface area contributed by atoms with Crippen molar-refractivity contribution in [2.75, 3.05) is 46.4 Å². The van der Waals surface area contributed by atoms with Crippen molar-refractivity contribution in [3.05, 3.63) is 0 Å². The lowest BCUT2D eigenvalue weighted by molar-refractivity contribution is 0.0360. The Kier molecular flexibility index (Phi) is 8.08. The first-order valence-corrected chi connectivity index (χ1v) is 8.42. The fourth-order valence-electron chi connectivity index (χ4n) is 3.06. The van der Waals surface area contributed by atoms with Gasteiger partial charge in [0.25, 0.3) is 0 Å². The third kappa shape index (κ3) is 7.05. The summed E-state index contributed by atoms with van der Waals surface area (Å²) in [6.07, 6.45) is 3.79. The molecule has 0 saturated carbocycles. The third-order valence-electron chi connectivity index (χ3n) is 4.43. The Morgan fingerprint density at radius 3 is 2.70 bits per heavy atom. The molecule has 0 aromatic heterocycles. The van der Waals surface area contributed by atoms with Gasteiger partial charge in [0.1, 0.15) is 0 Å². The minimum Gasteiger partial charge on any atom is -0.381 e. The maximum atomic E-state index is 5.59. The zero-order chi connectivity index (χ0) is 15.0. The van der Waals surface area contributed by atoms with Crippen LogP contribution in [-0.4, -0.2) is 51.3 Å². The summed E-state index contributed by atoms with van der Waals surface area (Å²) in [7, 11) is 2.27. The largest absolute Gasteiger partial charge is 0.381 e. The summed E-state index contributed by atoms with van der Waals surface area (Å²) in [6.45, 7) is 15.8. The fourth-order valence-corrected chi connectivity index (χ4v) is 3.06. The van der Waals surface area contributed by atoms with Crippen LogP contribution in [0.25, 0.3) is 0 Å². The van der Waals surface area contributed by atoms with Crippen molar-refractivity contribution in [1.29, 1.82) is 0 Å². The predicted octanol–water partition coefficient (Wildman–Crippen LogP) is 3.01. The van der Waals surface area contributed by atoms with Crippen molar-refractivity contribution < 1.29 is 4.74 Å². The molecule has 1 saturated heterocycles. The van der Waals surface area contributed by atoms with E-state index in [-0.39, 0.29) is 0 Å². The Morgan fingerprint density at radius 2 is 2.15 bits per heavy atom. The first-order chi connectivity index (χ1) is 9.45.